The molecule has 2 N–H and O–H groups in total. The molecule has 10 heteroatoms. The number of amides is 1. The largest absolute Gasteiger partial charge is 0.496 e. The van der Waals surface area contributed by atoms with E-state index in [1.165, 1.54) is 0 Å². The maximum absolute atomic E-state index is 12.3. The number of aromatic nitrogens is 3. The van der Waals surface area contributed by atoms with Crippen molar-refractivity contribution in [2.75, 3.05) is 12.4 Å². The number of rotatable bonds is 5. The molecule has 0 saturated carbocycles. The summed E-state index contributed by atoms with van der Waals surface area (Å²) in [5, 5.41) is 7.24. The predicted molar refractivity (Wildman–Crippen MR) is 79.0 cm³/mol. The Morgan fingerprint density at radius 1 is 1.43 bits per heavy atom. The normalized spacial score (nSPS) is 11.3. The van der Waals surface area contributed by atoms with Gasteiger partial charge in [0.05, 0.1) is 11.6 Å². The quantitative estimate of drug-likeness (QED) is 0.818. The van der Waals surface area contributed by atoms with Crippen molar-refractivity contribution in [1.82, 2.24) is 15.2 Å². The first-order chi connectivity index (χ1) is 10.8. The molecule has 2 rings (SSSR count). The van der Waals surface area contributed by atoms with Crippen LogP contribution in [0.2, 0.25) is 0 Å². The number of aryl methyl sites for hydroxylation is 1. The smallest absolute Gasteiger partial charge is 0.451 e. The average molecular weight is 393 g/mol. The van der Waals surface area contributed by atoms with E-state index in [0.29, 0.717) is 12.2 Å². The molecule has 0 aliphatic carbocycles. The molecule has 23 heavy (non-hydrogen) atoms. The topological polar surface area (TPSA) is 79.9 Å². The Balaban J connectivity index is 1.90. The SMILES string of the molecule is COc1ccc(CCC(=O)Nc2n[nH]c(C(F)(F)F)n2)cc1Br. The first kappa shape index (κ1) is 17.3. The number of carbonyl (C=O) groups excluding carboxylic acids is 1. The number of ether oxygens (including phenoxy) is 1. The highest BCUT2D eigenvalue weighted by molar-refractivity contribution is 9.10. The molecule has 0 unspecified atom stereocenters. The molecule has 0 radical (unpaired) electrons. The van der Waals surface area contributed by atoms with Crippen molar-refractivity contribution in [3.05, 3.63) is 34.1 Å². The maximum atomic E-state index is 12.3. The molecule has 0 saturated heterocycles. The van der Waals surface area contributed by atoms with Crippen LogP contribution in [-0.4, -0.2) is 28.2 Å². The second kappa shape index (κ2) is 6.99. The zero-order chi connectivity index (χ0) is 17.0. The summed E-state index contributed by atoms with van der Waals surface area (Å²) in [7, 11) is 1.54. The molecule has 0 fully saturated rings. The van der Waals surface area contributed by atoms with Crippen LogP contribution in [0.15, 0.2) is 22.7 Å². The molecule has 0 aliphatic heterocycles. The van der Waals surface area contributed by atoms with Crippen LogP contribution in [0.25, 0.3) is 0 Å². The number of H-pyrrole nitrogens is 1. The molecule has 0 atom stereocenters. The van der Waals surface area contributed by atoms with Crippen LogP contribution >= 0.6 is 15.9 Å². The minimum Gasteiger partial charge on any atom is -0.496 e. The first-order valence-corrected chi connectivity index (χ1v) is 7.20. The third-order valence-electron chi connectivity index (χ3n) is 2.86. The summed E-state index contributed by atoms with van der Waals surface area (Å²) in [4.78, 5) is 14.9. The maximum Gasteiger partial charge on any atom is 0.451 e. The van der Waals surface area contributed by atoms with Crippen molar-refractivity contribution < 1.29 is 22.7 Å². The molecule has 0 bridgehead atoms. The molecule has 6 nitrogen and oxygen atoms in total. The molecule has 1 heterocycles. The zero-order valence-electron chi connectivity index (χ0n) is 11.9. The average Bonchev–Trinajstić information content (AvgIpc) is 2.94. The van der Waals surface area contributed by atoms with E-state index in [-0.39, 0.29) is 6.42 Å². The molecule has 0 spiro atoms. The van der Waals surface area contributed by atoms with Gasteiger partial charge < -0.3 is 4.74 Å². The Kier molecular flexibility index (Phi) is 5.24. The van der Waals surface area contributed by atoms with Crippen LogP contribution in [0, 0.1) is 0 Å². The molecule has 1 aromatic carbocycles. The Labute approximate surface area is 137 Å². The van der Waals surface area contributed by atoms with Gasteiger partial charge in [0, 0.05) is 6.42 Å². The van der Waals surface area contributed by atoms with E-state index in [4.69, 9.17) is 4.74 Å². The van der Waals surface area contributed by atoms with E-state index in [9.17, 15) is 18.0 Å². The fourth-order valence-electron chi connectivity index (χ4n) is 1.75. The number of nitrogens with one attached hydrogen (secondary N) is 2. The van der Waals surface area contributed by atoms with Crippen LogP contribution in [0.1, 0.15) is 17.8 Å². The predicted octanol–water partition coefficient (Wildman–Crippen LogP) is 3.17. The Morgan fingerprint density at radius 2 is 2.17 bits per heavy atom. The van der Waals surface area contributed by atoms with E-state index < -0.39 is 23.9 Å². The van der Waals surface area contributed by atoms with Crippen LogP contribution in [0.5, 0.6) is 5.75 Å². The van der Waals surface area contributed by atoms with Crippen molar-refractivity contribution in [3.8, 4) is 5.75 Å². The van der Waals surface area contributed by atoms with Crippen LogP contribution < -0.4 is 10.1 Å². The lowest BCUT2D eigenvalue weighted by atomic mass is 10.1. The number of aromatic amines is 1. The lowest BCUT2D eigenvalue weighted by Crippen LogP contribution is -2.14. The summed E-state index contributed by atoms with van der Waals surface area (Å²) in [6.45, 7) is 0. The fraction of sp³-hybridized carbons (Fsp3) is 0.308. The molecule has 124 valence electrons. The van der Waals surface area contributed by atoms with Crippen molar-refractivity contribution in [2.24, 2.45) is 0 Å². The Bertz CT molecular complexity index is 703. The third-order valence-corrected chi connectivity index (χ3v) is 3.48. The van der Waals surface area contributed by atoms with Gasteiger partial charge in [-0.2, -0.15) is 18.2 Å². The molecule has 1 aromatic heterocycles. The fourth-order valence-corrected chi connectivity index (χ4v) is 2.34. The molecule has 0 aliphatic rings. The second-order valence-electron chi connectivity index (χ2n) is 4.52. The van der Waals surface area contributed by atoms with Crippen molar-refractivity contribution in [2.45, 2.75) is 19.0 Å². The zero-order valence-corrected chi connectivity index (χ0v) is 13.5. The van der Waals surface area contributed by atoms with Gasteiger partial charge in [-0.1, -0.05) is 6.07 Å². The molecular weight excluding hydrogens is 381 g/mol. The van der Waals surface area contributed by atoms with Gasteiger partial charge in [-0.3, -0.25) is 15.2 Å². The van der Waals surface area contributed by atoms with Gasteiger partial charge in [-0.25, -0.2) is 0 Å². The van der Waals surface area contributed by atoms with E-state index in [1.807, 2.05) is 0 Å². The van der Waals surface area contributed by atoms with Gasteiger partial charge in [0.25, 0.3) is 0 Å². The number of benzene rings is 1. The minimum absolute atomic E-state index is 0.0780. The van der Waals surface area contributed by atoms with E-state index >= 15 is 0 Å². The van der Waals surface area contributed by atoms with Gasteiger partial charge in [0.1, 0.15) is 5.75 Å². The van der Waals surface area contributed by atoms with Crippen molar-refractivity contribution in [3.63, 3.8) is 0 Å². The summed E-state index contributed by atoms with van der Waals surface area (Å²) in [6.07, 6.45) is -4.15. The van der Waals surface area contributed by atoms with Gasteiger partial charge >= 0.3 is 6.18 Å². The molecule has 1 amide bonds. The number of alkyl halides is 3. The highest BCUT2D eigenvalue weighted by Crippen LogP contribution is 2.27. The highest BCUT2D eigenvalue weighted by Gasteiger charge is 2.35. The Hall–Kier alpha value is -2.10. The minimum atomic E-state index is -4.63. The number of nitrogens with zero attached hydrogens (tertiary/aromatic N) is 2. The van der Waals surface area contributed by atoms with E-state index in [0.717, 1.165) is 10.0 Å². The van der Waals surface area contributed by atoms with E-state index in [1.54, 1.807) is 30.4 Å². The number of methoxy groups -OCH3 is 1. The van der Waals surface area contributed by atoms with Crippen molar-refractivity contribution in [1.29, 1.82) is 0 Å². The lowest BCUT2D eigenvalue weighted by molar-refractivity contribution is -0.144. The molecular formula is C13H12BrF3N4O2. The van der Waals surface area contributed by atoms with Crippen molar-refractivity contribution >= 4 is 27.8 Å². The standard InChI is InChI=1S/C13H12BrF3N4O2/c1-23-9-4-2-7(6-8(9)14)3-5-10(22)18-12-19-11(20-21-12)13(15,16)17/h2,4,6H,3,5H2,1H3,(H2,18,19,20,21,22). The number of hydrogen-bond donors (Lipinski definition) is 2. The summed E-state index contributed by atoms with van der Waals surface area (Å²) in [5.74, 6) is -1.48. The number of halogens is 4. The number of anilines is 1. The Morgan fingerprint density at radius 3 is 2.74 bits per heavy atom. The summed E-state index contributed by atoms with van der Waals surface area (Å²) in [5.41, 5.74) is 0.874. The third kappa shape index (κ3) is 4.68. The summed E-state index contributed by atoms with van der Waals surface area (Å²) >= 11 is 3.33. The van der Waals surface area contributed by atoms with Crippen LogP contribution in [-0.2, 0) is 17.4 Å². The number of carbonyl (C=O) groups is 1. The van der Waals surface area contributed by atoms with Gasteiger partial charge in [0.2, 0.25) is 17.7 Å². The van der Waals surface area contributed by atoms with Gasteiger partial charge in [-0.15, -0.1) is 5.10 Å². The summed E-state index contributed by atoms with van der Waals surface area (Å²) < 4.78 is 42.9. The van der Waals surface area contributed by atoms with Crippen LogP contribution in [0.4, 0.5) is 19.1 Å². The monoisotopic (exact) mass is 392 g/mol. The van der Waals surface area contributed by atoms with Gasteiger partial charge in [0.15, 0.2) is 0 Å². The van der Waals surface area contributed by atoms with E-state index in [2.05, 4.69) is 31.3 Å². The van der Waals surface area contributed by atoms with Gasteiger partial charge in [-0.05, 0) is 40.0 Å². The number of hydrogen-bond acceptors (Lipinski definition) is 4. The second-order valence-corrected chi connectivity index (χ2v) is 5.38. The summed E-state index contributed by atoms with van der Waals surface area (Å²) in [6, 6.07) is 5.36. The lowest BCUT2D eigenvalue weighted by Gasteiger charge is -2.06. The first-order valence-electron chi connectivity index (χ1n) is 6.41. The van der Waals surface area contributed by atoms with Crippen LogP contribution in [0.3, 0.4) is 0 Å². The highest BCUT2D eigenvalue weighted by atomic mass is 79.9. The molecule has 2 aromatic rings.